The Balaban J connectivity index is 3.62. The summed E-state index contributed by atoms with van der Waals surface area (Å²) in [5.74, 6) is 0. The Labute approximate surface area is 108 Å². The van der Waals surface area contributed by atoms with Gasteiger partial charge in [-0.25, -0.2) is 0 Å². The van der Waals surface area contributed by atoms with Gasteiger partial charge < -0.3 is 0 Å². The van der Waals surface area contributed by atoms with Crippen LogP contribution in [0, 0.1) is 0 Å². The Hall–Kier alpha value is -0.200. The molecule has 0 radical (unpaired) electrons. The molecule has 0 saturated carbocycles. The fourth-order valence-electron chi connectivity index (χ4n) is 1.51. The Morgan fingerprint density at radius 1 is 1.12 bits per heavy atom. The summed E-state index contributed by atoms with van der Waals surface area (Å²) < 4.78 is 17.2. The second kappa shape index (κ2) is 8.83. The number of hydrogen-bond donors (Lipinski definition) is 0. The van der Waals surface area contributed by atoms with Crippen molar-refractivity contribution in [2.45, 2.75) is 78.2 Å². The van der Waals surface area contributed by atoms with Gasteiger partial charge in [0.25, 0.3) is 0 Å². The van der Waals surface area contributed by atoms with E-state index in [-0.39, 0.29) is 5.60 Å². The zero-order valence-corrected chi connectivity index (χ0v) is 12.8. The van der Waals surface area contributed by atoms with Crippen molar-refractivity contribution in [1.29, 1.82) is 0 Å². The molecular formula is C14H28O2P+. The summed E-state index contributed by atoms with van der Waals surface area (Å²) in [6.07, 6.45) is 8.30. The fourth-order valence-corrected chi connectivity index (χ4v) is 2.48. The molecule has 0 aromatic rings. The summed E-state index contributed by atoms with van der Waals surface area (Å²) in [7, 11) is -1.70. The van der Waals surface area contributed by atoms with Gasteiger partial charge in [-0.1, -0.05) is 39.0 Å². The number of allylic oxidation sites excluding steroid dienone is 1. The maximum Gasteiger partial charge on any atom is 0.544 e. The van der Waals surface area contributed by atoms with E-state index in [0.29, 0.717) is 0 Å². The van der Waals surface area contributed by atoms with Gasteiger partial charge in [0.15, 0.2) is 5.31 Å². The molecule has 3 heteroatoms. The van der Waals surface area contributed by atoms with Crippen LogP contribution in [-0.2, 0) is 9.09 Å². The van der Waals surface area contributed by atoms with Crippen molar-refractivity contribution in [1.82, 2.24) is 0 Å². The zero-order chi connectivity index (χ0) is 13.3. The molecule has 2 nitrogen and oxygen atoms in total. The molecule has 0 bridgehead atoms. The third-order valence-electron chi connectivity index (χ3n) is 2.43. The normalized spacial score (nSPS) is 12.6. The zero-order valence-electron chi connectivity index (χ0n) is 11.9. The molecular weight excluding hydrogens is 231 g/mol. The molecule has 0 amide bonds. The van der Waals surface area contributed by atoms with Crippen LogP contribution in [-0.4, -0.2) is 5.60 Å². The van der Waals surface area contributed by atoms with Crippen molar-refractivity contribution < 1.29 is 9.09 Å². The van der Waals surface area contributed by atoms with Gasteiger partial charge in [0.1, 0.15) is 5.60 Å². The molecule has 0 heterocycles. The third kappa shape index (κ3) is 10.7. The summed E-state index contributed by atoms with van der Waals surface area (Å²) >= 11 is 0. The van der Waals surface area contributed by atoms with E-state index >= 15 is 0 Å². The quantitative estimate of drug-likeness (QED) is 0.386. The minimum Gasteiger partial charge on any atom is -0.136 e. The second-order valence-electron chi connectivity index (χ2n) is 5.54. The van der Waals surface area contributed by atoms with E-state index < -0.39 is 8.03 Å². The SMILES string of the molecule is C=C(CCCCCCCC)[P+](=O)OC(C)(C)C. The van der Waals surface area contributed by atoms with E-state index in [1.165, 1.54) is 32.1 Å². The molecule has 0 N–H and O–H groups in total. The Morgan fingerprint density at radius 2 is 1.65 bits per heavy atom. The average Bonchev–Trinajstić information content (AvgIpc) is 2.20. The molecule has 100 valence electrons. The van der Waals surface area contributed by atoms with Gasteiger partial charge in [-0.15, -0.1) is 4.52 Å². The third-order valence-corrected chi connectivity index (χ3v) is 3.89. The smallest absolute Gasteiger partial charge is 0.136 e. The van der Waals surface area contributed by atoms with Gasteiger partial charge in [0, 0.05) is 6.42 Å². The molecule has 0 aliphatic carbocycles. The molecule has 0 aromatic carbocycles. The first-order chi connectivity index (χ1) is 7.87. The Bertz CT molecular complexity index is 241. The van der Waals surface area contributed by atoms with Crippen LogP contribution >= 0.6 is 8.03 Å². The van der Waals surface area contributed by atoms with Crippen LogP contribution < -0.4 is 0 Å². The van der Waals surface area contributed by atoms with Crippen LogP contribution in [0.15, 0.2) is 11.9 Å². The van der Waals surface area contributed by atoms with Crippen molar-refractivity contribution in [3.8, 4) is 0 Å². The Morgan fingerprint density at radius 3 is 2.18 bits per heavy atom. The maximum atomic E-state index is 11.8. The molecule has 0 saturated heterocycles. The summed E-state index contributed by atoms with van der Waals surface area (Å²) in [6.45, 7) is 11.8. The van der Waals surface area contributed by atoms with Crippen molar-refractivity contribution in [2.24, 2.45) is 0 Å². The monoisotopic (exact) mass is 259 g/mol. The van der Waals surface area contributed by atoms with E-state index in [1.54, 1.807) is 0 Å². The highest BCUT2D eigenvalue weighted by molar-refractivity contribution is 7.44. The first kappa shape index (κ1) is 16.8. The van der Waals surface area contributed by atoms with Crippen LogP contribution in [0.3, 0.4) is 0 Å². The van der Waals surface area contributed by atoms with Gasteiger partial charge in [-0.3, -0.25) is 0 Å². The van der Waals surface area contributed by atoms with Crippen LogP contribution in [0.25, 0.3) is 0 Å². The number of unbranched alkanes of at least 4 members (excludes halogenated alkanes) is 5. The lowest BCUT2D eigenvalue weighted by Crippen LogP contribution is -2.14. The molecule has 0 aliphatic rings. The van der Waals surface area contributed by atoms with E-state index in [9.17, 15) is 4.57 Å². The topological polar surface area (TPSA) is 26.3 Å². The van der Waals surface area contributed by atoms with Crippen molar-refractivity contribution in [2.75, 3.05) is 0 Å². The van der Waals surface area contributed by atoms with E-state index in [2.05, 4.69) is 13.5 Å². The van der Waals surface area contributed by atoms with E-state index in [1.807, 2.05) is 20.8 Å². The van der Waals surface area contributed by atoms with E-state index in [4.69, 9.17) is 4.52 Å². The summed E-state index contributed by atoms with van der Waals surface area (Å²) in [4.78, 5) is 0. The van der Waals surface area contributed by atoms with Crippen LogP contribution in [0.1, 0.15) is 72.6 Å². The minimum atomic E-state index is -1.70. The van der Waals surface area contributed by atoms with Gasteiger partial charge >= 0.3 is 8.03 Å². The molecule has 1 atom stereocenters. The maximum absolute atomic E-state index is 11.8. The highest BCUT2D eigenvalue weighted by Crippen LogP contribution is 2.39. The molecule has 0 aliphatic heterocycles. The standard InChI is InChI=1S/C14H28O2P/c1-6-7-8-9-10-11-12-13(2)17(15)16-14(3,4)5/h2,6-12H2,1,3-5H3/q+1. The average molecular weight is 259 g/mol. The van der Waals surface area contributed by atoms with Crippen molar-refractivity contribution >= 4 is 8.03 Å². The molecule has 0 rings (SSSR count). The van der Waals surface area contributed by atoms with Crippen molar-refractivity contribution in [3.05, 3.63) is 11.9 Å². The van der Waals surface area contributed by atoms with Crippen LogP contribution in [0.5, 0.6) is 0 Å². The fraction of sp³-hybridized carbons (Fsp3) is 0.857. The largest absolute Gasteiger partial charge is 0.544 e. The lowest BCUT2D eigenvalue weighted by Gasteiger charge is -2.09. The van der Waals surface area contributed by atoms with Crippen LogP contribution in [0.2, 0.25) is 0 Å². The second-order valence-corrected chi connectivity index (χ2v) is 6.87. The van der Waals surface area contributed by atoms with Gasteiger partial charge in [0.2, 0.25) is 0 Å². The van der Waals surface area contributed by atoms with Gasteiger partial charge in [-0.2, -0.15) is 0 Å². The highest BCUT2D eigenvalue weighted by atomic mass is 31.1. The van der Waals surface area contributed by atoms with E-state index in [0.717, 1.165) is 18.2 Å². The first-order valence-electron chi connectivity index (χ1n) is 6.71. The number of hydrogen-bond acceptors (Lipinski definition) is 2. The summed E-state index contributed by atoms with van der Waals surface area (Å²) in [5.41, 5.74) is -0.350. The van der Waals surface area contributed by atoms with Crippen LogP contribution in [0.4, 0.5) is 0 Å². The van der Waals surface area contributed by atoms with Crippen molar-refractivity contribution in [3.63, 3.8) is 0 Å². The van der Waals surface area contributed by atoms with Gasteiger partial charge in [-0.05, 0) is 38.3 Å². The first-order valence-corrected chi connectivity index (χ1v) is 7.88. The van der Waals surface area contributed by atoms with Gasteiger partial charge in [0.05, 0.1) is 0 Å². The minimum absolute atomic E-state index is 0.350. The number of rotatable bonds is 9. The molecule has 0 spiro atoms. The predicted molar refractivity (Wildman–Crippen MR) is 75.6 cm³/mol. The molecule has 0 aromatic heterocycles. The summed E-state index contributed by atoms with van der Waals surface area (Å²) in [5, 5.41) is 0.755. The lowest BCUT2D eigenvalue weighted by molar-refractivity contribution is 0.145. The molecule has 0 fully saturated rings. The molecule has 1 unspecified atom stereocenters. The Kier molecular flexibility index (Phi) is 8.72. The predicted octanol–water partition coefficient (Wildman–Crippen LogP) is 5.81. The summed E-state index contributed by atoms with van der Waals surface area (Å²) in [6, 6.07) is 0. The molecule has 17 heavy (non-hydrogen) atoms. The highest BCUT2D eigenvalue weighted by Gasteiger charge is 2.30. The lowest BCUT2D eigenvalue weighted by atomic mass is 10.1.